The number of hydrogen-bond acceptors (Lipinski definition) is 17. The number of amides is 2. The zero-order valence-electron chi connectivity index (χ0n) is 35.8. The number of ether oxygens (including phenoxy) is 2. The van der Waals surface area contributed by atoms with Crippen molar-refractivity contribution >= 4 is 75.6 Å². The van der Waals surface area contributed by atoms with Gasteiger partial charge in [0, 0.05) is 21.9 Å². The maximum absolute atomic E-state index is 11.9. The molecule has 30 heteroatoms. The molecule has 0 spiro atoms. The van der Waals surface area contributed by atoms with Gasteiger partial charge in [0.1, 0.15) is 35.1 Å². The number of carboxylic acids is 3. The number of carbonyl (C=O) groups excluding carboxylic acids is 2. The van der Waals surface area contributed by atoms with Crippen LogP contribution in [0.25, 0.3) is 0 Å². The van der Waals surface area contributed by atoms with Crippen LogP contribution in [0.3, 0.4) is 0 Å². The molecule has 0 aliphatic heterocycles. The van der Waals surface area contributed by atoms with Crippen LogP contribution in [0.15, 0.2) is 72.8 Å². The molecule has 68 heavy (non-hydrogen) atoms. The summed E-state index contributed by atoms with van der Waals surface area (Å²) in [6.07, 6.45) is -1.22. The van der Waals surface area contributed by atoms with Crippen molar-refractivity contribution in [1.29, 1.82) is 0 Å². The van der Waals surface area contributed by atoms with E-state index < -0.39 is 93.2 Å². The van der Waals surface area contributed by atoms with E-state index in [0.717, 1.165) is 5.56 Å². The monoisotopic (exact) mass is 1060 g/mol. The molecule has 0 aromatic heterocycles. The van der Waals surface area contributed by atoms with E-state index in [1.165, 1.54) is 48.5 Å². The van der Waals surface area contributed by atoms with Crippen molar-refractivity contribution in [3.05, 3.63) is 89.5 Å². The highest BCUT2D eigenvalue weighted by Crippen LogP contribution is 2.16. The Hall–Kier alpha value is -6.43. The van der Waals surface area contributed by atoms with Crippen molar-refractivity contribution < 1.29 is 106 Å². The number of alkyl carbamates (subject to hydrolysis) is 2. The zero-order valence-corrected chi connectivity index (χ0v) is 39.0. The SMILES string of the molecule is C.CC(C)(C)OC(=O)N[C@@H](Cc1ccc(O)cc1)C(=O)O.CC(C)(C)OC(=O)N[C@@H](Cc1ccc(OF)cc1)C(=O)O.O=C(O)[C@H](Cc1ccc(OF)cc1)NCl.O=S(=O)(F)F.O=S=O.O=S=O. The number of rotatable bonds is 14. The van der Waals surface area contributed by atoms with Crippen molar-refractivity contribution in [2.24, 2.45) is 0 Å². The lowest BCUT2D eigenvalue weighted by atomic mass is 10.1. The molecule has 0 aliphatic rings. The van der Waals surface area contributed by atoms with Crippen molar-refractivity contribution in [2.45, 2.75) is 97.6 Å². The van der Waals surface area contributed by atoms with Crippen LogP contribution in [0.5, 0.6) is 17.2 Å². The van der Waals surface area contributed by atoms with E-state index in [9.17, 15) is 40.8 Å². The van der Waals surface area contributed by atoms with Crippen molar-refractivity contribution in [3.63, 3.8) is 0 Å². The third-order valence-electron chi connectivity index (χ3n) is 6.69. The van der Waals surface area contributed by atoms with Crippen molar-refractivity contribution in [2.75, 3.05) is 0 Å². The maximum atomic E-state index is 11.9. The minimum absolute atomic E-state index is 0. The molecule has 0 bridgehead atoms. The van der Waals surface area contributed by atoms with Gasteiger partial charge in [0.15, 0.2) is 11.5 Å². The molecule has 7 N–H and O–H groups in total. The van der Waals surface area contributed by atoms with E-state index in [4.69, 9.17) is 66.9 Å². The number of hydrogen-bond donors (Lipinski definition) is 7. The summed E-state index contributed by atoms with van der Waals surface area (Å²) in [7, 11) is -5.67. The highest BCUT2D eigenvalue weighted by molar-refractivity contribution is 7.81. The molecule has 0 fully saturated rings. The molecule has 2 amide bonds. The summed E-state index contributed by atoms with van der Waals surface area (Å²) >= 11 is 3.76. The first kappa shape index (κ1) is 68.2. The lowest BCUT2D eigenvalue weighted by Gasteiger charge is -2.22. The quantitative estimate of drug-likeness (QED) is 0.0592. The molecule has 0 unspecified atom stereocenters. The second-order valence-corrected chi connectivity index (χ2v) is 15.6. The fraction of sp³-hybridized carbons (Fsp3) is 0.395. The van der Waals surface area contributed by atoms with E-state index >= 15 is 0 Å². The molecule has 0 aliphatic carbocycles. The molecule has 22 nitrogen and oxygen atoms in total. The van der Waals surface area contributed by atoms with Crippen molar-refractivity contribution in [1.82, 2.24) is 15.5 Å². The average molecular weight is 1060 g/mol. The number of carbonyl (C=O) groups is 5. The van der Waals surface area contributed by atoms with Crippen LogP contribution < -0.4 is 25.4 Å². The largest absolute Gasteiger partial charge is 0.508 e. The highest BCUT2D eigenvalue weighted by Gasteiger charge is 2.25. The summed E-state index contributed by atoms with van der Waals surface area (Å²) in [5.74, 6) is -3.19. The van der Waals surface area contributed by atoms with Gasteiger partial charge in [0.25, 0.3) is 0 Å². The van der Waals surface area contributed by atoms with Crippen LogP contribution in [0.1, 0.15) is 65.7 Å². The van der Waals surface area contributed by atoms with Gasteiger partial charge in [-0.3, -0.25) is 14.7 Å². The molecule has 3 atom stereocenters. The first-order valence-electron chi connectivity index (χ1n) is 17.9. The summed E-state index contributed by atoms with van der Waals surface area (Å²) in [4.78, 5) is 65.3. The number of aliphatic carboxylic acids is 3. The van der Waals surface area contributed by atoms with Gasteiger partial charge in [0.05, 0.1) is 0 Å². The van der Waals surface area contributed by atoms with Gasteiger partial charge in [-0.15, -0.1) is 0 Å². The van der Waals surface area contributed by atoms with Crippen LogP contribution >= 0.6 is 11.8 Å². The van der Waals surface area contributed by atoms with Gasteiger partial charge >= 0.3 is 63.8 Å². The fourth-order valence-corrected chi connectivity index (χ4v) is 4.34. The topological polar surface area (TPSA) is 342 Å². The van der Waals surface area contributed by atoms with Gasteiger partial charge < -0.3 is 40.5 Å². The molecule has 0 radical (unpaired) electrons. The molecule has 0 heterocycles. The fourth-order valence-electron chi connectivity index (χ4n) is 4.17. The molecule has 0 saturated heterocycles. The number of halogens is 5. The second kappa shape index (κ2) is 35.7. The number of phenolic OH excluding ortho intramolecular Hbond substituents is 1. The average Bonchev–Trinajstić information content (AvgIpc) is 3.19. The van der Waals surface area contributed by atoms with E-state index in [0.29, 0.717) is 11.1 Å². The van der Waals surface area contributed by atoms with E-state index in [2.05, 4.69) is 25.4 Å². The predicted molar refractivity (Wildman–Crippen MR) is 233 cm³/mol. The number of carboxylic acid groups (broad SMARTS) is 3. The lowest BCUT2D eigenvalue weighted by molar-refractivity contribution is -0.140. The van der Waals surface area contributed by atoms with Gasteiger partial charge in [-0.1, -0.05) is 51.6 Å². The summed E-state index contributed by atoms with van der Waals surface area (Å²) in [5.41, 5.74) is 0.612. The van der Waals surface area contributed by atoms with E-state index in [1.807, 2.05) is 0 Å². The Bertz CT molecular complexity index is 2140. The van der Waals surface area contributed by atoms with Crippen LogP contribution in [0, 0.1) is 0 Å². The van der Waals surface area contributed by atoms with Crippen molar-refractivity contribution in [3.8, 4) is 17.2 Å². The van der Waals surface area contributed by atoms with E-state index in [-0.39, 0.29) is 43.9 Å². The lowest BCUT2D eigenvalue weighted by Crippen LogP contribution is -2.44. The van der Waals surface area contributed by atoms with Crippen LogP contribution in [0.4, 0.5) is 26.4 Å². The molecular formula is C38H50ClF4N3O19S3. The Morgan fingerprint density at radius 1 is 0.588 bits per heavy atom. The maximum Gasteiger partial charge on any atom is 0.476 e. The molecule has 3 aromatic rings. The first-order chi connectivity index (χ1) is 30.9. The summed E-state index contributed by atoms with van der Waals surface area (Å²) in [6.45, 7) is 10.1. The van der Waals surface area contributed by atoms with Crippen LogP contribution in [0.2, 0.25) is 0 Å². The van der Waals surface area contributed by atoms with Crippen LogP contribution in [-0.4, -0.2) is 105 Å². The third kappa shape index (κ3) is 39.9. The number of nitrogens with one attached hydrogen (secondary N) is 3. The molecule has 0 saturated carbocycles. The minimum Gasteiger partial charge on any atom is -0.508 e. The Morgan fingerprint density at radius 3 is 1.03 bits per heavy atom. The van der Waals surface area contributed by atoms with Gasteiger partial charge in [0.2, 0.25) is 0 Å². The number of phenols is 1. The molecular weight excluding hydrogens is 1010 g/mol. The minimum atomic E-state index is -5.67. The Kier molecular flexibility index (Phi) is 35.8. The number of aromatic hydroxyl groups is 1. The van der Waals surface area contributed by atoms with Crippen LogP contribution in [-0.2, 0) is 76.9 Å². The highest BCUT2D eigenvalue weighted by atomic mass is 35.5. The summed E-state index contributed by atoms with van der Waals surface area (Å²) in [6, 6.07) is 14.7. The summed E-state index contributed by atoms with van der Waals surface area (Å²) in [5, 5.41) is 40.7. The second-order valence-electron chi connectivity index (χ2n) is 14.3. The Balaban J connectivity index is -0.000000407. The first-order valence-corrected chi connectivity index (χ1v) is 20.9. The number of benzene rings is 3. The van der Waals surface area contributed by atoms with E-state index in [1.54, 1.807) is 65.8 Å². The normalized spacial score (nSPS) is 11.4. The Morgan fingerprint density at radius 2 is 0.824 bits per heavy atom. The standard InChI is InChI=1S/C14H18FNO5.C14H19NO5.C9H9ClFNO3.CH4.F2O2S.2O2S/c1-14(2,3)20-13(19)16-11(12(17)18)8-9-4-6-10(21-15)7-5-9;1-14(2,3)20-13(19)15-11(12(17)18)8-9-4-6-10(16)7-5-9;10-12-8(9(13)14)5-6-1-3-7(15-11)4-2-6;;1-5(2,3)4;2*1-3-2/h4-7,11H,8H2,1-3H3,(H,16,19)(H,17,18);4-7,11,16H,8H2,1-3H3,(H,15,19)(H,17,18);1-4,8,12H,5H2,(H,13,14);1H4;;;/t2*11-;8-;;;;/m000..../s1. The summed E-state index contributed by atoms with van der Waals surface area (Å²) < 4.78 is 103. The van der Waals surface area contributed by atoms with Gasteiger partial charge in [-0.25, -0.2) is 24.0 Å². The Labute approximate surface area is 399 Å². The predicted octanol–water partition coefficient (Wildman–Crippen LogP) is 5.54. The smallest absolute Gasteiger partial charge is 0.476 e. The zero-order chi connectivity index (χ0) is 52.6. The van der Waals surface area contributed by atoms with Gasteiger partial charge in [-0.05, 0) is 113 Å². The van der Waals surface area contributed by atoms with Gasteiger partial charge in [-0.2, -0.15) is 25.3 Å². The molecule has 3 rings (SSSR count). The molecule has 3 aromatic carbocycles. The molecule has 384 valence electrons. The third-order valence-corrected chi connectivity index (χ3v) is 6.95.